The summed E-state index contributed by atoms with van der Waals surface area (Å²) >= 11 is 0. The smallest absolute Gasteiger partial charge is 0.339 e. The van der Waals surface area contributed by atoms with Crippen LogP contribution in [0.3, 0.4) is 0 Å². The number of ether oxygens (including phenoxy) is 1. The number of carbonyl (C=O) groups is 3. The zero-order chi connectivity index (χ0) is 20.1. The van der Waals surface area contributed by atoms with Gasteiger partial charge in [0.2, 0.25) is 0 Å². The van der Waals surface area contributed by atoms with Crippen LogP contribution in [0.4, 0.5) is 5.69 Å². The molecule has 0 atom stereocenters. The van der Waals surface area contributed by atoms with E-state index in [4.69, 9.17) is 4.74 Å². The average molecular weight is 375 g/mol. The maximum Gasteiger partial charge on any atom is 0.339 e. The topological polar surface area (TPSA) is 92.7 Å². The molecule has 0 radical (unpaired) electrons. The van der Waals surface area contributed by atoms with Gasteiger partial charge in [0.1, 0.15) is 0 Å². The monoisotopic (exact) mass is 375 g/mol. The van der Waals surface area contributed by atoms with E-state index in [1.165, 1.54) is 13.2 Å². The van der Waals surface area contributed by atoms with Gasteiger partial charge in [0.05, 0.1) is 23.9 Å². The number of hydrogen-bond donors (Lipinski definition) is 2. The van der Waals surface area contributed by atoms with Gasteiger partial charge in [0.15, 0.2) is 0 Å². The SMILES string of the molecule is COC(=O)c1c(-c2ccccc2)ccc(NC(=O)c2ccccc2)c1C(=O)O. The normalized spacial score (nSPS) is 10.2. The van der Waals surface area contributed by atoms with Crippen molar-refractivity contribution < 1.29 is 24.2 Å². The van der Waals surface area contributed by atoms with Crippen molar-refractivity contribution in [2.75, 3.05) is 12.4 Å². The van der Waals surface area contributed by atoms with Crippen molar-refractivity contribution >= 4 is 23.5 Å². The molecule has 3 rings (SSSR count). The Labute approximate surface area is 161 Å². The molecule has 1 amide bonds. The lowest BCUT2D eigenvalue weighted by Gasteiger charge is -2.16. The van der Waals surface area contributed by atoms with E-state index >= 15 is 0 Å². The van der Waals surface area contributed by atoms with Gasteiger partial charge >= 0.3 is 11.9 Å². The maximum absolute atomic E-state index is 12.5. The molecule has 6 heteroatoms. The minimum atomic E-state index is -1.35. The Morgan fingerprint density at radius 1 is 0.821 bits per heavy atom. The molecule has 0 spiro atoms. The summed E-state index contributed by atoms with van der Waals surface area (Å²) in [4.78, 5) is 36.9. The molecule has 0 aliphatic rings. The number of hydrogen-bond acceptors (Lipinski definition) is 4. The molecule has 0 saturated heterocycles. The summed E-state index contributed by atoms with van der Waals surface area (Å²) in [6.07, 6.45) is 0. The summed E-state index contributed by atoms with van der Waals surface area (Å²) in [7, 11) is 1.18. The van der Waals surface area contributed by atoms with Gasteiger partial charge in [0, 0.05) is 5.56 Å². The molecule has 0 fully saturated rings. The molecule has 28 heavy (non-hydrogen) atoms. The standard InChI is InChI=1S/C22H17NO5/c1-28-22(27)18-16(14-8-4-2-5-9-14)12-13-17(19(18)21(25)26)23-20(24)15-10-6-3-7-11-15/h2-13H,1H3,(H,23,24)(H,25,26). The molecule has 140 valence electrons. The fraction of sp³-hybridized carbons (Fsp3) is 0.0455. The molecular formula is C22H17NO5. The van der Waals surface area contributed by atoms with Crippen LogP contribution in [-0.2, 0) is 4.74 Å². The third-order valence-corrected chi connectivity index (χ3v) is 4.18. The lowest BCUT2D eigenvalue weighted by atomic mass is 9.93. The number of methoxy groups -OCH3 is 1. The third kappa shape index (κ3) is 3.76. The fourth-order valence-corrected chi connectivity index (χ4v) is 2.89. The predicted octanol–water partition coefficient (Wildman–Crippen LogP) is 4.09. The number of nitrogens with one attached hydrogen (secondary N) is 1. The molecule has 3 aromatic rings. The van der Waals surface area contributed by atoms with E-state index in [1.807, 2.05) is 6.07 Å². The number of carboxylic acid groups (broad SMARTS) is 1. The van der Waals surface area contributed by atoms with Crippen LogP contribution in [-0.4, -0.2) is 30.1 Å². The van der Waals surface area contributed by atoms with Crippen LogP contribution < -0.4 is 5.32 Å². The number of anilines is 1. The highest BCUT2D eigenvalue weighted by molar-refractivity contribution is 6.14. The molecule has 0 aliphatic carbocycles. The van der Waals surface area contributed by atoms with Crippen LogP contribution in [0.15, 0.2) is 72.8 Å². The van der Waals surface area contributed by atoms with Crippen molar-refractivity contribution in [2.24, 2.45) is 0 Å². The van der Waals surface area contributed by atoms with Crippen molar-refractivity contribution in [3.05, 3.63) is 89.5 Å². The summed E-state index contributed by atoms with van der Waals surface area (Å²) < 4.78 is 4.82. The van der Waals surface area contributed by atoms with Crippen molar-refractivity contribution in [3.8, 4) is 11.1 Å². The van der Waals surface area contributed by atoms with E-state index in [2.05, 4.69) is 5.32 Å². The van der Waals surface area contributed by atoms with Crippen molar-refractivity contribution in [1.29, 1.82) is 0 Å². The largest absolute Gasteiger partial charge is 0.478 e. The van der Waals surface area contributed by atoms with Gasteiger partial charge in [-0.3, -0.25) is 4.79 Å². The summed E-state index contributed by atoms with van der Waals surface area (Å²) in [5.74, 6) is -2.63. The molecule has 0 aromatic heterocycles. The van der Waals surface area contributed by atoms with Crippen LogP contribution in [0.1, 0.15) is 31.1 Å². The molecule has 3 aromatic carbocycles. The fourth-order valence-electron chi connectivity index (χ4n) is 2.89. The number of carboxylic acids is 1. The van der Waals surface area contributed by atoms with E-state index in [9.17, 15) is 19.5 Å². The van der Waals surface area contributed by atoms with E-state index in [0.717, 1.165) is 0 Å². The van der Waals surface area contributed by atoms with Gasteiger partial charge in [-0.05, 0) is 29.3 Å². The van der Waals surface area contributed by atoms with Crippen LogP contribution in [0, 0.1) is 0 Å². The number of benzene rings is 3. The molecule has 0 bridgehead atoms. The highest BCUT2D eigenvalue weighted by atomic mass is 16.5. The van der Waals surface area contributed by atoms with E-state index in [-0.39, 0.29) is 16.8 Å². The lowest BCUT2D eigenvalue weighted by molar-refractivity contribution is 0.0583. The van der Waals surface area contributed by atoms with Gasteiger partial charge in [-0.15, -0.1) is 0 Å². The van der Waals surface area contributed by atoms with Crippen LogP contribution >= 0.6 is 0 Å². The quantitative estimate of drug-likeness (QED) is 0.655. The number of carbonyl (C=O) groups excluding carboxylic acids is 2. The Balaban J connectivity index is 2.15. The van der Waals surface area contributed by atoms with Gasteiger partial charge in [-0.25, -0.2) is 9.59 Å². The first-order valence-corrected chi connectivity index (χ1v) is 8.43. The second-order valence-corrected chi connectivity index (χ2v) is 5.89. The molecule has 2 N–H and O–H groups in total. The zero-order valence-electron chi connectivity index (χ0n) is 15.0. The molecular weight excluding hydrogens is 358 g/mol. The third-order valence-electron chi connectivity index (χ3n) is 4.18. The first-order chi connectivity index (χ1) is 13.5. The van der Waals surface area contributed by atoms with Crippen LogP contribution in [0.5, 0.6) is 0 Å². The van der Waals surface area contributed by atoms with Crippen LogP contribution in [0.25, 0.3) is 11.1 Å². The lowest BCUT2D eigenvalue weighted by Crippen LogP contribution is -2.19. The van der Waals surface area contributed by atoms with Gasteiger partial charge in [-0.1, -0.05) is 54.6 Å². The minimum Gasteiger partial charge on any atom is -0.478 e. The van der Waals surface area contributed by atoms with Gasteiger partial charge in [0.25, 0.3) is 5.91 Å². The highest BCUT2D eigenvalue weighted by Crippen LogP contribution is 2.32. The van der Waals surface area contributed by atoms with Crippen LogP contribution in [0.2, 0.25) is 0 Å². The van der Waals surface area contributed by atoms with E-state index in [0.29, 0.717) is 16.7 Å². The van der Waals surface area contributed by atoms with E-state index < -0.39 is 17.8 Å². The molecule has 0 heterocycles. The Hall–Kier alpha value is -3.93. The molecule has 0 unspecified atom stereocenters. The minimum absolute atomic E-state index is 0.0152. The van der Waals surface area contributed by atoms with Crippen molar-refractivity contribution in [2.45, 2.75) is 0 Å². The number of esters is 1. The van der Waals surface area contributed by atoms with E-state index in [1.54, 1.807) is 60.7 Å². The Morgan fingerprint density at radius 2 is 1.43 bits per heavy atom. The Kier molecular flexibility index (Phi) is 5.50. The Morgan fingerprint density at radius 3 is 2.00 bits per heavy atom. The van der Waals surface area contributed by atoms with Gasteiger partial charge < -0.3 is 15.2 Å². The number of rotatable bonds is 5. The first kappa shape index (κ1) is 18.8. The molecule has 0 saturated carbocycles. The number of aromatic carboxylic acids is 1. The zero-order valence-corrected chi connectivity index (χ0v) is 15.0. The summed E-state index contributed by atoms with van der Waals surface area (Å²) in [6.45, 7) is 0. The number of amides is 1. The molecule has 6 nitrogen and oxygen atoms in total. The second kappa shape index (κ2) is 8.18. The highest BCUT2D eigenvalue weighted by Gasteiger charge is 2.26. The van der Waals surface area contributed by atoms with Crippen molar-refractivity contribution in [1.82, 2.24) is 0 Å². The predicted molar refractivity (Wildman–Crippen MR) is 105 cm³/mol. The average Bonchev–Trinajstić information content (AvgIpc) is 2.73. The van der Waals surface area contributed by atoms with Gasteiger partial charge in [-0.2, -0.15) is 0 Å². The first-order valence-electron chi connectivity index (χ1n) is 8.43. The summed E-state index contributed by atoms with van der Waals surface area (Å²) in [5.41, 5.74) is 1.01. The summed E-state index contributed by atoms with van der Waals surface area (Å²) in [5, 5.41) is 12.4. The van der Waals surface area contributed by atoms with Crippen molar-refractivity contribution in [3.63, 3.8) is 0 Å². The summed E-state index contributed by atoms with van der Waals surface area (Å²) in [6, 6.07) is 20.3. The Bertz CT molecular complexity index is 1030. The molecule has 0 aliphatic heterocycles. The second-order valence-electron chi connectivity index (χ2n) is 5.89. The maximum atomic E-state index is 12.5.